The van der Waals surface area contributed by atoms with Gasteiger partial charge >= 0.3 is 5.97 Å². The van der Waals surface area contributed by atoms with Crippen LogP contribution in [0.4, 0.5) is 5.13 Å². The number of amides is 1. The van der Waals surface area contributed by atoms with E-state index in [9.17, 15) is 9.59 Å². The summed E-state index contributed by atoms with van der Waals surface area (Å²) in [5, 5.41) is 6.97. The van der Waals surface area contributed by atoms with Gasteiger partial charge in [0, 0.05) is 5.38 Å². The van der Waals surface area contributed by atoms with Gasteiger partial charge in [-0.2, -0.15) is 0 Å². The second-order valence-electron chi connectivity index (χ2n) is 5.30. The number of esters is 1. The molecule has 2 aromatic carbocycles. The van der Waals surface area contributed by atoms with Gasteiger partial charge in [0.25, 0.3) is 5.91 Å². The van der Waals surface area contributed by atoms with Crippen molar-refractivity contribution < 1.29 is 19.1 Å². The van der Waals surface area contributed by atoms with Gasteiger partial charge in [0.05, 0.1) is 5.69 Å². The average Bonchev–Trinajstić information content (AvgIpc) is 3.02. The van der Waals surface area contributed by atoms with Gasteiger partial charge in [0.2, 0.25) is 0 Å². The van der Waals surface area contributed by atoms with Crippen LogP contribution in [0, 0.1) is 6.92 Å². The van der Waals surface area contributed by atoms with Crippen molar-refractivity contribution in [2.45, 2.75) is 6.92 Å². The van der Waals surface area contributed by atoms with Gasteiger partial charge in [0.1, 0.15) is 5.75 Å². The maximum Gasteiger partial charge on any atom is 0.344 e. The Hall–Kier alpha value is -2.93. The number of ether oxygens (including phenoxy) is 2. The fourth-order valence-corrected chi connectivity index (χ4v) is 2.86. The van der Waals surface area contributed by atoms with Crippen LogP contribution in [0.2, 0.25) is 0 Å². The van der Waals surface area contributed by atoms with Crippen LogP contribution in [0.1, 0.15) is 5.69 Å². The minimum Gasteiger partial charge on any atom is -0.482 e. The number of hydrogen-bond donors (Lipinski definition) is 1. The summed E-state index contributed by atoms with van der Waals surface area (Å²) in [5.74, 6) is -0.481. The molecule has 0 atom stereocenters. The molecule has 3 rings (SSSR count). The molecule has 6 nitrogen and oxygen atoms in total. The summed E-state index contributed by atoms with van der Waals surface area (Å²) in [7, 11) is 0. The van der Waals surface area contributed by atoms with Crippen LogP contribution in [0.25, 0.3) is 10.8 Å². The number of aryl methyl sites for hydroxylation is 1. The zero-order valence-corrected chi connectivity index (χ0v) is 14.3. The summed E-state index contributed by atoms with van der Waals surface area (Å²) in [6.45, 7) is 1.19. The van der Waals surface area contributed by atoms with Crippen molar-refractivity contribution in [2.75, 3.05) is 18.5 Å². The summed E-state index contributed by atoms with van der Waals surface area (Å²) in [6, 6.07) is 13.4. The Bertz CT molecular complexity index is 907. The molecule has 0 unspecified atom stereocenters. The van der Waals surface area contributed by atoms with Crippen LogP contribution >= 0.6 is 11.3 Å². The van der Waals surface area contributed by atoms with E-state index in [2.05, 4.69) is 10.3 Å². The molecule has 0 bridgehead atoms. The highest BCUT2D eigenvalue weighted by atomic mass is 32.1. The lowest BCUT2D eigenvalue weighted by atomic mass is 10.1. The lowest BCUT2D eigenvalue weighted by Crippen LogP contribution is -2.23. The van der Waals surface area contributed by atoms with E-state index < -0.39 is 11.9 Å². The molecule has 1 aromatic heterocycles. The largest absolute Gasteiger partial charge is 0.482 e. The summed E-state index contributed by atoms with van der Waals surface area (Å²) in [6.07, 6.45) is 0. The van der Waals surface area contributed by atoms with E-state index in [1.165, 1.54) is 11.3 Å². The summed E-state index contributed by atoms with van der Waals surface area (Å²) < 4.78 is 10.3. The molecule has 7 heteroatoms. The van der Waals surface area contributed by atoms with Crippen LogP contribution in [0.3, 0.4) is 0 Å². The number of rotatable bonds is 6. The predicted octanol–water partition coefficient (Wildman–Crippen LogP) is 3.17. The molecule has 0 saturated heterocycles. The third-order valence-corrected chi connectivity index (χ3v) is 4.18. The smallest absolute Gasteiger partial charge is 0.344 e. The first-order valence-corrected chi connectivity index (χ1v) is 8.47. The molecule has 3 aromatic rings. The van der Waals surface area contributed by atoms with Gasteiger partial charge in [-0.05, 0) is 29.8 Å². The van der Waals surface area contributed by atoms with Crippen LogP contribution in [0.15, 0.2) is 47.8 Å². The van der Waals surface area contributed by atoms with Crippen LogP contribution in [-0.2, 0) is 14.3 Å². The van der Waals surface area contributed by atoms with Gasteiger partial charge in [-0.25, -0.2) is 9.78 Å². The lowest BCUT2D eigenvalue weighted by Gasteiger charge is -2.08. The molecule has 1 amide bonds. The maximum absolute atomic E-state index is 11.7. The van der Waals surface area contributed by atoms with E-state index >= 15 is 0 Å². The number of benzene rings is 2. The number of hydrogen-bond acceptors (Lipinski definition) is 6. The van der Waals surface area contributed by atoms with Crippen LogP contribution < -0.4 is 10.1 Å². The normalized spacial score (nSPS) is 10.4. The van der Waals surface area contributed by atoms with E-state index in [1.54, 1.807) is 6.07 Å². The second kappa shape index (κ2) is 7.76. The van der Waals surface area contributed by atoms with Crippen molar-refractivity contribution in [1.29, 1.82) is 0 Å². The molecule has 1 N–H and O–H groups in total. The molecular formula is C18H16N2O4S. The maximum atomic E-state index is 11.7. The Morgan fingerprint density at radius 1 is 1.12 bits per heavy atom. The summed E-state index contributed by atoms with van der Waals surface area (Å²) >= 11 is 1.31. The molecule has 0 radical (unpaired) electrons. The molecule has 0 aliphatic carbocycles. The number of carbonyl (C=O) groups is 2. The molecule has 0 aliphatic rings. The Balaban J connectivity index is 1.44. The van der Waals surface area contributed by atoms with Crippen LogP contribution in [0.5, 0.6) is 5.75 Å². The van der Waals surface area contributed by atoms with Gasteiger partial charge in [-0.15, -0.1) is 11.3 Å². The highest BCUT2D eigenvalue weighted by Crippen LogP contribution is 2.20. The van der Waals surface area contributed by atoms with E-state index in [-0.39, 0.29) is 13.2 Å². The highest BCUT2D eigenvalue weighted by Gasteiger charge is 2.10. The van der Waals surface area contributed by atoms with Crippen molar-refractivity contribution >= 4 is 39.1 Å². The second-order valence-corrected chi connectivity index (χ2v) is 6.16. The number of aromatic nitrogens is 1. The van der Waals surface area contributed by atoms with Crippen molar-refractivity contribution in [3.63, 3.8) is 0 Å². The minimum atomic E-state index is -0.612. The van der Waals surface area contributed by atoms with Crippen molar-refractivity contribution in [3.05, 3.63) is 53.5 Å². The van der Waals surface area contributed by atoms with Crippen molar-refractivity contribution in [2.24, 2.45) is 0 Å². The van der Waals surface area contributed by atoms with Crippen LogP contribution in [-0.4, -0.2) is 30.1 Å². The van der Waals surface area contributed by atoms with E-state index in [0.717, 1.165) is 16.5 Å². The Morgan fingerprint density at radius 3 is 2.68 bits per heavy atom. The monoisotopic (exact) mass is 356 g/mol. The SMILES string of the molecule is Cc1csc(NC(=O)COC(=O)COc2ccc3ccccc3c2)n1. The zero-order chi connectivity index (χ0) is 17.6. The average molecular weight is 356 g/mol. The van der Waals surface area contributed by atoms with E-state index in [1.807, 2.05) is 48.7 Å². The summed E-state index contributed by atoms with van der Waals surface area (Å²) in [5.41, 5.74) is 0.820. The van der Waals surface area contributed by atoms with E-state index in [0.29, 0.717) is 10.9 Å². The number of anilines is 1. The Labute approximate surface area is 148 Å². The molecular weight excluding hydrogens is 340 g/mol. The minimum absolute atomic E-state index is 0.262. The summed E-state index contributed by atoms with van der Waals surface area (Å²) in [4.78, 5) is 27.5. The van der Waals surface area contributed by atoms with Crippen molar-refractivity contribution in [3.8, 4) is 5.75 Å². The van der Waals surface area contributed by atoms with Gasteiger partial charge in [-0.1, -0.05) is 30.3 Å². The number of thiazole rings is 1. The number of fused-ring (bicyclic) bond motifs is 1. The first kappa shape index (κ1) is 16.9. The third-order valence-electron chi connectivity index (χ3n) is 3.31. The Morgan fingerprint density at radius 2 is 1.92 bits per heavy atom. The number of carbonyl (C=O) groups excluding carboxylic acids is 2. The number of nitrogens with one attached hydrogen (secondary N) is 1. The molecule has 1 heterocycles. The van der Waals surface area contributed by atoms with Gasteiger partial charge in [0.15, 0.2) is 18.3 Å². The molecule has 25 heavy (non-hydrogen) atoms. The molecule has 0 spiro atoms. The highest BCUT2D eigenvalue weighted by molar-refractivity contribution is 7.13. The van der Waals surface area contributed by atoms with Gasteiger partial charge < -0.3 is 9.47 Å². The topological polar surface area (TPSA) is 77.5 Å². The molecule has 0 fully saturated rings. The number of nitrogens with zero attached hydrogens (tertiary/aromatic N) is 1. The first-order chi connectivity index (χ1) is 12.1. The fraction of sp³-hybridized carbons (Fsp3) is 0.167. The Kier molecular flexibility index (Phi) is 5.25. The fourth-order valence-electron chi connectivity index (χ4n) is 2.15. The van der Waals surface area contributed by atoms with Crippen molar-refractivity contribution in [1.82, 2.24) is 4.98 Å². The first-order valence-electron chi connectivity index (χ1n) is 7.59. The van der Waals surface area contributed by atoms with E-state index in [4.69, 9.17) is 9.47 Å². The molecule has 0 aliphatic heterocycles. The zero-order valence-electron chi connectivity index (χ0n) is 13.5. The van der Waals surface area contributed by atoms with Gasteiger partial charge in [-0.3, -0.25) is 10.1 Å². The standard InChI is InChI=1S/C18H16N2O4S/c1-12-11-25-18(19-12)20-16(21)9-24-17(22)10-23-15-7-6-13-4-2-3-5-14(13)8-15/h2-8,11H,9-10H2,1H3,(H,19,20,21). The lowest BCUT2D eigenvalue weighted by molar-refractivity contribution is -0.149. The predicted molar refractivity (Wildman–Crippen MR) is 95.9 cm³/mol. The quantitative estimate of drug-likeness (QED) is 0.687. The molecule has 128 valence electrons. The molecule has 0 saturated carbocycles. The third kappa shape index (κ3) is 4.77.